The normalized spacial score (nSPS) is 11.6. The highest BCUT2D eigenvalue weighted by molar-refractivity contribution is 6.05. The summed E-state index contributed by atoms with van der Waals surface area (Å²) >= 11 is 0. The molecule has 0 saturated carbocycles. The quantitative estimate of drug-likeness (QED) is 0.362. The van der Waals surface area contributed by atoms with Crippen LogP contribution in [0.3, 0.4) is 0 Å². The lowest BCUT2D eigenvalue weighted by atomic mass is 9.84. The highest BCUT2D eigenvalue weighted by Crippen LogP contribution is 2.39. The number of aromatic nitrogens is 1. The fourth-order valence-corrected chi connectivity index (χ4v) is 4.27. The number of benzene rings is 2. The summed E-state index contributed by atoms with van der Waals surface area (Å²) in [5.41, 5.74) is 8.91. The second-order valence-electron chi connectivity index (χ2n) is 10.2. The fraction of sp³-hybridized carbons (Fsp3) is 0.429. The molecule has 3 aromatic rings. The molecule has 0 aliphatic rings. The number of rotatable bonds is 9. The minimum Gasteiger partial charge on any atom is -0.494 e. The van der Waals surface area contributed by atoms with Gasteiger partial charge >= 0.3 is 0 Å². The van der Waals surface area contributed by atoms with Crippen LogP contribution >= 0.6 is 0 Å². The Balaban J connectivity index is 2.06. The highest BCUT2D eigenvalue weighted by Gasteiger charge is 2.25. The molecule has 4 N–H and O–H groups in total. The van der Waals surface area contributed by atoms with Gasteiger partial charge in [0.05, 0.1) is 31.5 Å². The maximum absolute atomic E-state index is 13.5. The van der Waals surface area contributed by atoms with Gasteiger partial charge in [-0.3, -0.25) is 9.59 Å². The topological polar surface area (TPSA) is 108 Å². The van der Waals surface area contributed by atoms with E-state index in [0.29, 0.717) is 34.7 Å². The molecule has 0 radical (unpaired) electrons. The first-order valence-corrected chi connectivity index (χ1v) is 12.2. The van der Waals surface area contributed by atoms with Gasteiger partial charge in [-0.2, -0.15) is 0 Å². The second-order valence-corrected chi connectivity index (χ2v) is 10.2. The molecular formula is C28H38N4O4. The van der Waals surface area contributed by atoms with Crippen molar-refractivity contribution in [2.75, 3.05) is 31.8 Å². The van der Waals surface area contributed by atoms with Crippen molar-refractivity contribution in [3.63, 3.8) is 0 Å². The number of ether oxygens (including phenoxy) is 2. The zero-order valence-electron chi connectivity index (χ0n) is 22.5. The number of nitrogens with two attached hydrogens (primary N) is 1. The van der Waals surface area contributed by atoms with Crippen molar-refractivity contribution in [1.29, 1.82) is 0 Å². The van der Waals surface area contributed by atoms with Crippen LogP contribution in [-0.4, -0.2) is 43.1 Å². The molecule has 1 amide bonds. The number of carbonyl (C=O) groups is 2. The van der Waals surface area contributed by atoms with Crippen molar-refractivity contribution in [2.45, 2.75) is 59.5 Å². The van der Waals surface area contributed by atoms with Crippen LogP contribution in [0.15, 0.2) is 30.5 Å². The summed E-state index contributed by atoms with van der Waals surface area (Å²) in [5, 5.41) is 7.53. The summed E-state index contributed by atoms with van der Waals surface area (Å²) in [6, 6.07) is 7.41. The van der Waals surface area contributed by atoms with Gasteiger partial charge in [0.25, 0.3) is 5.91 Å². The fourth-order valence-electron chi connectivity index (χ4n) is 4.27. The molecule has 0 saturated heterocycles. The highest BCUT2D eigenvalue weighted by atomic mass is 16.5. The zero-order valence-corrected chi connectivity index (χ0v) is 22.5. The summed E-state index contributed by atoms with van der Waals surface area (Å²) in [7, 11) is 3.21. The standard InChI is InChI=1S/C28H38N4O4/c1-9-36-24-12-18-14-32(26(29)19(18)13-20(24)27(34)30-7)15-23(33)17-10-21(28(4,5)6)25(35-8)22(11-17)31-16(2)3/h10-14,16,31H,9,15,29H2,1-8H3,(H,30,34). The Morgan fingerprint density at radius 1 is 1.14 bits per heavy atom. The molecule has 0 aliphatic carbocycles. The number of hydrogen-bond acceptors (Lipinski definition) is 6. The number of nitrogens with one attached hydrogen (secondary N) is 2. The van der Waals surface area contributed by atoms with E-state index in [9.17, 15) is 9.59 Å². The Morgan fingerprint density at radius 3 is 2.39 bits per heavy atom. The second kappa shape index (κ2) is 10.5. The molecular weight excluding hydrogens is 456 g/mol. The van der Waals surface area contributed by atoms with Crippen LogP contribution in [-0.2, 0) is 12.0 Å². The molecule has 0 spiro atoms. The molecule has 0 fully saturated rings. The van der Waals surface area contributed by atoms with E-state index in [1.54, 1.807) is 30.9 Å². The maximum Gasteiger partial charge on any atom is 0.254 e. The number of hydrogen-bond donors (Lipinski definition) is 3. The number of fused-ring (bicyclic) bond motifs is 1. The summed E-state index contributed by atoms with van der Waals surface area (Å²) in [6.07, 6.45) is 1.82. The molecule has 36 heavy (non-hydrogen) atoms. The van der Waals surface area contributed by atoms with Crippen molar-refractivity contribution >= 4 is 34.0 Å². The van der Waals surface area contributed by atoms with Gasteiger partial charge < -0.3 is 30.4 Å². The lowest BCUT2D eigenvalue weighted by Crippen LogP contribution is -2.19. The van der Waals surface area contributed by atoms with Gasteiger partial charge in [-0.25, -0.2) is 0 Å². The Bertz CT molecular complexity index is 1290. The van der Waals surface area contributed by atoms with E-state index in [-0.39, 0.29) is 29.7 Å². The van der Waals surface area contributed by atoms with E-state index in [4.69, 9.17) is 15.2 Å². The van der Waals surface area contributed by atoms with Gasteiger partial charge in [0.15, 0.2) is 5.78 Å². The van der Waals surface area contributed by atoms with E-state index >= 15 is 0 Å². The van der Waals surface area contributed by atoms with Crippen LogP contribution in [0, 0.1) is 0 Å². The van der Waals surface area contributed by atoms with Crippen LogP contribution in [0.4, 0.5) is 11.5 Å². The minimum absolute atomic E-state index is 0.0524. The number of Topliss-reactive ketones (excluding diaryl/α,β-unsaturated/α-hetero) is 1. The number of ketones is 1. The van der Waals surface area contributed by atoms with E-state index < -0.39 is 0 Å². The van der Waals surface area contributed by atoms with Crippen LogP contribution in [0.25, 0.3) is 10.8 Å². The Hall–Kier alpha value is -3.68. The monoisotopic (exact) mass is 494 g/mol. The molecule has 0 unspecified atom stereocenters. The van der Waals surface area contributed by atoms with Crippen molar-refractivity contribution in [3.8, 4) is 11.5 Å². The third-order valence-electron chi connectivity index (χ3n) is 5.98. The molecule has 1 heterocycles. The number of nitrogen functional groups attached to an aromatic ring is 1. The number of anilines is 2. The van der Waals surface area contributed by atoms with Crippen LogP contribution in [0.2, 0.25) is 0 Å². The summed E-state index contributed by atoms with van der Waals surface area (Å²) < 4.78 is 13.1. The maximum atomic E-state index is 13.5. The number of amides is 1. The van der Waals surface area contributed by atoms with Gasteiger partial charge in [-0.15, -0.1) is 0 Å². The lowest BCUT2D eigenvalue weighted by molar-refractivity contribution is 0.0955. The molecule has 8 nitrogen and oxygen atoms in total. The van der Waals surface area contributed by atoms with Crippen molar-refractivity contribution < 1.29 is 19.1 Å². The van der Waals surface area contributed by atoms with E-state index in [0.717, 1.165) is 22.4 Å². The number of methoxy groups -OCH3 is 1. The zero-order chi connectivity index (χ0) is 26.8. The van der Waals surface area contributed by atoms with Crippen LogP contribution in [0.1, 0.15) is 67.8 Å². The first kappa shape index (κ1) is 26.9. The summed E-state index contributed by atoms with van der Waals surface area (Å²) in [5.74, 6) is 1.28. The first-order chi connectivity index (χ1) is 16.9. The Kier molecular flexibility index (Phi) is 7.86. The van der Waals surface area contributed by atoms with Gasteiger partial charge in [0.1, 0.15) is 17.3 Å². The summed E-state index contributed by atoms with van der Waals surface area (Å²) in [6.45, 7) is 12.7. The number of nitrogens with zero attached hydrogens (tertiary/aromatic N) is 1. The van der Waals surface area contributed by atoms with E-state index in [1.807, 2.05) is 39.1 Å². The van der Waals surface area contributed by atoms with Crippen molar-refractivity contribution in [1.82, 2.24) is 9.88 Å². The molecule has 194 valence electrons. The average molecular weight is 495 g/mol. The van der Waals surface area contributed by atoms with Crippen molar-refractivity contribution in [3.05, 3.63) is 47.2 Å². The molecule has 3 rings (SSSR count). The van der Waals surface area contributed by atoms with Crippen LogP contribution in [0.5, 0.6) is 11.5 Å². The van der Waals surface area contributed by atoms with Gasteiger partial charge in [0.2, 0.25) is 0 Å². The summed E-state index contributed by atoms with van der Waals surface area (Å²) in [4.78, 5) is 25.9. The van der Waals surface area contributed by atoms with Gasteiger partial charge in [-0.1, -0.05) is 20.8 Å². The third kappa shape index (κ3) is 5.42. The minimum atomic E-state index is -0.262. The SMILES string of the molecule is CCOc1cc2cn(CC(=O)c3cc(NC(C)C)c(OC)c(C(C)(C)C)c3)c(N)c2cc1C(=O)NC. The van der Waals surface area contributed by atoms with E-state index in [2.05, 4.69) is 31.4 Å². The molecule has 1 aromatic heterocycles. The predicted molar refractivity (Wildman–Crippen MR) is 146 cm³/mol. The smallest absolute Gasteiger partial charge is 0.254 e. The molecule has 2 aromatic carbocycles. The van der Waals surface area contributed by atoms with Gasteiger partial charge in [-0.05, 0) is 50.5 Å². The number of carbonyl (C=O) groups excluding carboxylic acids is 2. The third-order valence-corrected chi connectivity index (χ3v) is 5.98. The van der Waals surface area contributed by atoms with Crippen LogP contribution < -0.4 is 25.8 Å². The average Bonchev–Trinajstić information content (AvgIpc) is 3.10. The Labute approximate surface area is 213 Å². The first-order valence-electron chi connectivity index (χ1n) is 12.2. The lowest BCUT2D eigenvalue weighted by Gasteiger charge is -2.26. The molecule has 0 bridgehead atoms. The van der Waals surface area contributed by atoms with Crippen molar-refractivity contribution in [2.24, 2.45) is 0 Å². The van der Waals surface area contributed by atoms with Gasteiger partial charge in [0, 0.05) is 41.2 Å². The van der Waals surface area contributed by atoms with E-state index in [1.165, 1.54) is 0 Å². The molecule has 0 atom stereocenters. The molecule has 0 aliphatic heterocycles. The largest absolute Gasteiger partial charge is 0.494 e. The Morgan fingerprint density at radius 2 is 1.83 bits per heavy atom. The molecule has 8 heteroatoms. The predicted octanol–water partition coefficient (Wildman–Crippen LogP) is 4.99.